The Kier molecular flexibility index (Phi) is 4.82. The van der Waals surface area contributed by atoms with E-state index in [1.54, 1.807) is 0 Å². The zero-order chi connectivity index (χ0) is 15.6. The van der Waals surface area contributed by atoms with E-state index in [0.29, 0.717) is 18.8 Å². The second-order valence-electron chi connectivity index (χ2n) is 4.34. The van der Waals surface area contributed by atoms with Gasteiger partial charge in [0.2, 0.25) is 15.1 Å². The Morgan fingerprint density at radius 2 is 2.19 bits per heavy atom. The zero-order valence-corrected chi connectivity index (χ0v) is 13.3. The molecule has 0 atom stereocenters. The lowest BCUT2D eigenvalue weighted by atomic mass is 10.2. The summed E-state index contributed by atoms with van der Waals surface area (Å²) in [6.07, 6.45) is 2.76. The summed E-state index contributed by atoms with van der Waals surface area (Å²) < 4.78 is 28.2. The Morgan fingerprint density at radius 1 is 1.48 bits per heavy atom. The number of thiol groups is 1. The molecular weight excluding hydrogens is 336 g/mol. The maximum absolute atomic E-state index is 11.6. The highest BCUT2D eigenvalue weighted by atomic mass is 35.5. The number of nitrogens with one attached hydrogen (secondary N) is 1. The van der Waals surface area contributed by atoms with Gasteiger partial charge in [-0.1, -0.05) is 11.6 Å². The van der Waals surface area contributed by atoms with Crippen LogP contribution in [0.15, 0.2) is 28.9 Å². The van der Waals surface area contributed by atoms with E-state index in [9.17, 15) is 13.2 Å². The lowest BCUT2D eigenvalue weighted by molar-refractivity contribution is 0.109. The maximum Gasteiger partial charge on any atom is 0.239 e. The van der Waals surface area contributed by atoms with Gasteiger partial charge in [-0.05, 0) is 18.2 Å². The highest BCUT2D eigenvalue weighted by molar-refractivity contribution is 7.97. The average Bonchev–Trinajstić information content (AvgIpc) is 2.87. The maximum atomic E-state index is 11.6. The molecule has 0 aromatic heterocycles. The number of nitrogens with two attached hydrogens (primary N) is 1. The van der Waals surface area contributed by atoms with Crippen molar-refractivity contribution < 1.29 is 17.9 Å². The number of hydrogen-bond donors (Lipinski definition) is 3. The first kappa shape index (κ1) is 16.2. The summed E-state index contributed by atoms with van der Waals surface area (Å²) in [7, 11) is -4.02. The second kappa shape index (κ2) is 6.27. The Balaban J connectivity index is 2.36. The van der Waals surface area contributed by atoms with E-state index in [2.05, 4.69) is 17.9 Å². The molecule has 1 aliphatic heterocycles. The Morgan fingerprint density at radius 3 is 2.71 bits per heavy atom. The van der Waals surface area contributed by atoms with E-state index >= 15 is 0 Å². The van der Waals surface area contributed by atoms with Gasteiger partial charge in [-0.3, -0.25) is 4.79 Å². The van der Waals surface area contributed by atoms with Crippen molar-refractivity contribution in [2.45, 2.75) is 11.3 Å². The van der Waals surface area contributed by atoms with Crippen LogP contribution in [-0.4, -0.2) is 26.7 Å². The van der Waals surface area contributed by atoms with Gasteiger partial charge in [0, 0.05) is 12.1 Å². The van der Waals surface area contributed by atoms with Crippen LogP contribution in [0.1, 0.15) is 16.8 Å². The predicted octanol–water partition coefficient (Wildman–Crippen LogP) is 1.77. The van der Waals surface area contributed by atoms with Crippen molar-refractivity contribution in [2.75, 3.05) is 18.5 Å². The smallest absolute Gasteiger partial charge is 0.239 e. The van der Waals surface area contributed by atoms with Crippen LogP contribution >= 0.6 is 24.2 Å². The van der Waals surface area contributed by atoms with E-state index in [0.717, 1.165) is 18.2 Å². The molecule has 0 amide bonds. The molecule has 0 saturated carbocycles. The number of rotatable bonds is 5. The van der Waals surface area contributed by atoms with Crippen LogP contribution in [0.2, 0.25) is 5.02 Å². The predicted molar refractivity (Wildman–Crippen MR) is 83.3 cm³/mol. The van der Waals surface area contributed by atoms with Crippen molar-refractivity contribution in [1.29, 1.82) is 0 Å². The van der Waals surface area contributed by atoms with Crippen molar-refractivity contribution in [3.05, 3.63) is 34.6 Å². The number of hydrogen-bond acceptors (Lipinski definition) is 5. The average molecular weight is 349 g/mol. The van der Waals surface area contributed by atoms with Gasteiger partial charge >= 0.3 is 0 Å². The van der Waals surface area contributed by atoms with Gasteiger partial charge in [0.25, 0.3) is 0 Å². The third-order valence-electron chi connectivity index (χ3n) is 2.84. The van der Waals surface area contributed by atoms with E-state index in [1.807, 2.05) is 6.08 Å². The number of ether oxygens (including phenoxy) is 1. The van der Waals surface area contributed by atoms with Gasteiger partial charge in [0.1, 0.15) is 10.7 Å². The Hall–Kier alpha value is -1.22. The molecule has 2 rings (SSSR count). The molecule has 1 aliphatic rings. The first-order valence-corrected chi connectivity index (χ1v) is 8.31. The number of halogens is 1. The molecule has 0 saturated heterocycles. The number of carbonyl (C=O) groups excluding carboxylic acids is 1. The van der Waals surface area contributed by atoms with Crippen LogP contribution in [-0.2, 0) is 14.8 Å². The summed E-state index contributed by atoms with van der Waals surface area (Å²) in [6, 6.07) is 2.44. The van der Waals surface area contributed by atoms with Crippen LogP contribution in [0, 0.1) is 0 Å². The Bertz CT molecular complexity index is 716. The molecule has 1 aromatic carbocycles. The van der Waals surface area contributed by atoms with E-state index in [1.165, 1.54) is 6.07 Å². The van der Waals surface area contributed by atoms with Gasteiger partial charge < -0.3 is 10.1 Å². The van der Waals surface area contributed by atoms with Crippen molar-refractivity contribution in [2.24, 2.45) is 5.14 Å². The zero-order valence-electron chi connectivity index (χ0n) is 10.8. The fourth-order valence-electron chi connectivity index (χ4n) is 1.87. The van der Waals surface area contributed by atoms with Crippen molar-refractivity contribution in [1.82, 2.24) is 0 Å². The highest BCUT2D eigenvalue weighted by Crippen LogP contribution is 2.29. The molecule has 6 nitrogen and oxygen atoms in total. The first-order valence-electron chi connectivity index (χ1n) is 5.94. The monoisotopic (exact) mass is 348 g/mol. The molecule has 0 aliphatic carbocycles. The summed E-state index contributed by atoms with van der Waals surface area (Å²) in [6.45, 7) is 0.986. The minimum absolute atomic E-state index is 0.0698. The van der Waals surface area contributed by atoms with Crippen molar-refractivity contribution in [3.63, 3.8) is 0 Å². The van der Waals surface area contributed by atoms with Crippen LogP contribution in [0.3, 0.4) is 0 Å². The van der Waals surface area contributed by atoms with Gasteiger partial charge in [-0.25, -0.2) is 13.6 Å². The van der Waals surface area contributed by atoms with E-state index in [4.69, 9.17) is 21.5 Å². The topological polar surface area (TPSA) is 98.5 Å². The summed E-state index contributed by atoms with van der Waals surface area (Å²) in [5.41, 5.74) is 0.439. The van der Waals surface area contributed by atoms with Crippen LogP contribution in [0.5, 0.6) is 0 Å². The molecule has 0 unspecified atom stereocenters. The van der Waals surface area contributed by atoms with Crippen molar-refractivity contribution >= 4 is 45.1 Å². The molecule has 0 radical (unpaired) electrons. The molecule has 9 heteroatoms. The van der Waals surface area contributed by atoms with Crippen LogP contribution < -0.4 is 10.5 Å². The molecule has 0 fully saturated rings. The quantitative estimate of drug-likeness (QED) is 0.704. The lowest BCUT2D eigenvalue weighted by Gasteiger charge is -2.13. The lowest BCUT2D eigenvalue weighted by Crippen LogP contribution is -2.15. The minimum atomic E-state index is -4.02. The number of primary sulfonamides is 1. The van der Waals surface area contributed by atoms with Gasteiger partial charge in [0.15, 0.2) is 0 Å². The van der Waals surface area contributed by atoms with Gasteiger partial charge in [0.05, 0.1) is 23.7 Å². The van der Waals surface area contributed by atoms with E-state index in [-0.39, 0.29) is 15.5 Å². The summed E-state index contributed by atoms with van der Waals surface area (Å²) >= 11 is 9.64. The normalized spacial score (nSPS) is 14.5. The fraction of sp³-hybridized carbons (Fsp3) is 0.250. The number of sulfonamides is 1. The molecule has 21 heavy (non-hydrogen) atoms. The van der Waals surface area contributed by atoms with Gasteiger partial charge in [-0.2, -0.15) is 0 Å². The van der Waals surface area contributed by atoms with E-state index < -0.39 is 15.1 Å². The summed E-state index contributed by atoms with van der Waals surface area (Å²) in [5.74, 6) is 0.749. The molecule has 1 heterocycles. The van der Waals surface area contributed by atoms with Gasteiger partial charge in [-0.15, -0.1) is 12.6 Å². The SMILES string of the molecule is NS(=O)(=O)c1cc(C(=O)S)c(NCC2=CCCO2)cc1Cl. The summed E-state index contributed by atoms with van der Waals surface area (Å²) in [4.78, 5) is 11.2. The molecule has 114 valence electrons. The largest absolute Gasteiger partial charge is 0.496 e. The molecule has 1 aromatic rings. The minimum Gasteiger partial charge on any atom is -0.496 e. The van der Waals surface area contributed by atoms with Crippen LogP contribution in [0.4, 0.5) is 5.69 Å². The number of benzene rings is 1. The summed E-state index contributed by atoms with van der Waals surface area (Å²) in [5, 5.41) is 7.36. The molecular formula is C12H13ClN2O4S2. The molecule has 0 spiro atoms. The third-order valence-corrected chi connectivity index (χ3v) is 4.46. The molecule has 0 bridgehead atoms. The van der Waals surface area contributed by atoms with Crippen LogP contribution in [0.25, 0.3) is 0 Å². The third kappa shape index (κ3) is 3.91. The first-order chi connectivity index (χ1) is 9.79. The Labute approximate surface area is 132 Å². The highest BCUT2D eigenvalue weighted by Gasteiger charge is 2.19. The second-order valence-corrected chi connectivity index (χ2v) is 6.68. The standard InChI is InChI=1S/C12H13ClN2O4S2/c13-9-5-10(15-6-7-2-1-3-19-7)8(12(16)20)4-11(9)21(14,17)18/h2,4-5,15H,1,3,6H2,(H,16,20)(H2,14,17,18). The molecule has 3 N–H and O–H groups in total. The van der Waals surface area contributed by atoms with Crippen molar-refractivity contribution in [3.8, 4) is 0 Å². The fourth-order valence-corrected chi connectivity index (χ4v) is 3.15. The number of anilines is 1. The number of carbonyl (C=O) groups is 1.